The molecule has 0 N–H and O–H groups in total. The first kappa shape index (κ1) is 13.1. The van der Waals surface area contributed by atoms with Crippen molar-refractivity contribution in [2.24, 2.45) is 0 Å². The van der Waals surface area contributed by atoms with Crippen molar-refractivity contribution in [3.63, 3.8) is 0 Å². The van der Waals surface area contributed by atoms with E-state index in [1.807, 2.05) is 34.9 Å². The number of benzene rings is 1. The van der Waals surface area contributed by atoms with E-state index >= 15 is 0 Å². The molecule has 96 valence electrons. The minimum atomic E-state index is -0.0828. The van der Waals surface area contributed by atoms with Gasteiger partial charge >= 0.3 is 0 Å². The summed E-state index contributed by atoms with van der Waals surface area (Å²) in [4.78, 5) is 0. The Morgan fingerprint density at radius 2 is 1.83 bits per heavy atom. The quantitative estimate of drug-likeness (QED) is 0.830. The van der Waals surface area contributed by atoms with E-state index in [1.54, 1.807) is 0 Å². The summed E-state index contributed by atoms with van der Waals surface area (Å²) < 4.78 is 2.02. The van der Waals surface area contributed by atoms with Crippen LogP contribution in [0.2, 0.25) is 5.28 Å². The van der Waals surface area contributed by atoms with Crippen LogP contribution in [0.15, 0.2) is 30.3 Å². The first-order valence-electron chi connectivity index (χ1n) is 6.23. The van der Waals surface area contributed by atoms with Crippen LogP contribution in [0, 0.1) is 0 Å². The van der Waals surface area contributed by atoms with Crippen molar-refractivity contribution in [3.05, 3.63) is 35.6 Å². The van der Waals surface area contributed by atoms with Gasteiger partial charge in [0.05, 0.1) is 0 Å². The zero-order chi connectivity index (χ0) is 13.2. The van der Waals surface area contributed by atoms with Crippen LogP contribution >= 0.6 is 11.6 Å². The van der Waals surface area contributed by atoms with E-state index in [0.29, 0.717) is 5.28 Å². The number of halogens is 1. The summed E-state index contributed by atoms with van der Waals surface area (Å²) in [6.07, 6.45) is 2.13. The molecule has 0 spiro atoms. The first-order valence-corrected chi connectivity index (χ1v) is 6.61. The lowest BCUT2D eigenvalue weighted by molar-refractivity contribution is 0.327. The fourth-order valence-electron chi connectivity index (χ4n) is 2.30. The van der Waals surface area contributed by atoms with Crippen molar-refractivity contribution in [1.29, 1.82) is 0 Å². The highest BCUT2D eigenvalue weighted by molar-refractivity contribution is 6.28. The zero-order valence-corrected chi connectivity index (χ0v) is 11.8. The number of aromatic nitrogens is 3. The van der Waals surface area contributed by atoms with E-state index in [2.05, 4.69) is 31.0 Å². The molecule has 0 atom stereocenters. The monoisotopic (exact) mass is 263 g/mol. The maximum atomic E-state index is 6.20. The third-order valence-electron chi connectivity index (χ3n) is 3.12. The minimum absolute atomic E-state index is 0.0828. The smallest absolute Gasteiger partial charge is 0.225 e. The molecule has 2 rings (SSSR count). The zero-order valence-electron chi connectivity index (χ0n) is 11.0. The number of nitrogens with zero attached hydrogens (tertiary/aromatic N) is 3. The van der Waals surface area contributed by atoms with E-state index in [9.17, 15) is 0 Å². The summed E-state index contributed by atoms with van der Waals surface area (Å²) in [7, 11) is 0. The Morgan fingerprint density at radius 1 is 1.17 bits per heavy atom. The predicted molar refractivity (Wildman–Crippen MR) is 74.7 cm³/mol. The topological polar surface area (TPSA) is 30.7 Å². The molecule has 0 fully saturated rings. The second-order valence-corrected chi connectivity index (χ2v) is 5.39. The molecule has 0 unspecified atom stereocenters. The van der Waals surface area contributed by atoms with E-state index in [-0.39, 0.29) is 5.54 Å². The van der Waals surface area contributed by atoms with Crippen LogP contribution < -0.4 is 0 Å². The molecular formula is C14H18ClN3. The van der Waals surface area contributed by atoms with Gasteiger partial charge in [-0.05, 0) is 31.9 Å². The third kappa shape index (κ3) is 2.41. The summed E-state index contributed by atoms with van der Waals surface area (Å²) in [6.45, 7) is 6.50. The molecule has 0 bridgehead atoms. The molecule has 0 aliphatic heterocycles. The van der Waals surface area contributed by atoms with Crippen molar-refractivity contribution < 1.29 is 0 Å². The van der Waals surface area contributed by atoms with Crippen molar-refractivity contribution in [1.82, 2.24) is 14.8 Å². The molecule has 1 aromatic carbocycles. The molecule has 0 radical (unpaired) electrons. The summed E-state index contributed by atoms with van der Waals surface area (Å²) >= 11 is 6.20. The van der Waals surface area contributed by atoms with Crippen LogP contribution in [0.5, 0.6) is 0 Å². The van der Waals surface area contributed by atoms with Gasteiger partial charge in [-0.3, -0.25) is 4.57 Å². The van der Waals surface area contributed by atoms with Gasteiger partial charge in [0.25, 0.3) is 0 Å². The molecule has 1 heterocycles. The molecule has 18 heavy (non-hydrogen) atoms. The molecule has 1 aromatic heterocycles. The molecule has 0 amide bonds. The lowest BCUT2D eigenvalue weighted by Gasteiger charge is -2.28. The Kier molecular flexibility index (Phi) is 3.71. The predicted octanol–water partition coefficient (Wildman–Crippen LogP) is 4.13. The first-order chi connectivity index (χ1) is 8.56. The van der Waals surface area contributed by atoms with Crippen molar-refractivity contribution in [3.8, 4) is 11.4 Å². The van der Waals surface area contributed by atoms with Crippen LogP contribution in [0.3, 0.4) is 0 Å². The molecule has 4 heteroatoms. The SMILES string of the molecule is CCCC(C)(C)n1c(Cl)nnc1-c1ccccc1. The Hall–Kier alpha value is -1.35. The largest absolute Gasteiger partial charge is 0.292 e. The van der Waals surface area contributed by atoms with Crippen LogP contribution in [0.1, 0.15) is 33.6 Å². The second-order valence-electron chi connectivity index (χ2n) is 5.06. The molecule has 0 saturated heterocycles. The van der Waals surface area contributed by atoms with E-state index in [1.165, 1.54) is 0 Å². The Balaban J connectivity index is 2.52. The maximum Gasteiger partial charge on any atom is 0.225 e. The third-order valence-corrected chi connectivity index (χ3v) is 3.37. The lowest BCUT2D eigenvalue weighted by atomic mass is 9.98. The van der Waals surface area contributed by atoms with Gasteiger partial charge in [-0.25, -0.2) is 0 Å². The van der Waals surface area contributed by atoms with Gasteiger partial charge < -0.3 is 0 Å². The summed E-state index contributed by atoms with van der Waals surface area (Å²) in [5.41, 5.74) is 0.960. The fraction of sp³-hybridized carbons (Fsp3) is 0.429. The minimum Gasteiger partial charge on any atom is -0.292 e. The van der Waals surface area contributed by atoms with E-state index in [0.717, 1.165) is 24.2 Å². The Labute approximate surface area is 113 Å². The van der Waals surface area contributed by atoms with Crippen LogP contribution in [0.25, 0.3) is 11.4 Å². The summed E-state index contributed by atoms with van der Waals surface area (Å²) in [5.74, 6) is 0.832. The Morgan fingerprint density at radius 3 is 2.44 bits per heavy atom. The van der Waals surface area contributed by atoms with Crippen LogP contribution in [0.4, 0.5) is 0 Å². The standard InChI is InChI=1S/C14H18ClN3/c1-4-10-14(2,3)18-12(16-17-13(18)15)11-8-6-5-7-9-11/h5-9H,4,10H2,1-3H3. The molecule has 3 nitrogen and oxygen atoms in total. The number of hydrogen-bond donors (Lipinski definition) is 0. The van der Waals surface area contributed by atoms with Gasteiger partial charge in [-0.2, -0.15) is 0 Å². The van der Waals surface area contributed by atoms with E-state index < -0.39 is 0 Å². The average Bonchev–Trinajstić information content (AvgIpc) is 2.73. The molecule has 0 aliphatic carbocycles. The molecule has 0 saturated carbocycles. The lowest BCUT2D eigenvalue weighted by Crippen LogP contribution is -2.27. The molecule has 2 aromatic rings. The van der Waals surface area contributed by atoms with Crippen LogP contribution in [-0.4, -0.2) is 14.8 Å². The van der Waals surface area contributed by atoms with Crippen LogP contribution in [-0.2, 0) is 5.54 Å². The Bertz CT molecular complexity index is 517. The maximum absolute atomic E-state index is 6.20. The van der Waals surface area contributed by atoms with Crippen molar-refractivity contribution in [2.75, 3.05) is 0 Å². The normalized spacial score (nSPS) is 11.8. The fourth-order valence-corrected chi connectivity index (χ4v) is 2.65. The van der Waals surface area contributed by atoms with Gasteiger partial charge in [0.15, 0.2) is 5.82 Å². The summed E-state index contributed by atoms with van der Waals surface area (Å²) in [6, 6.07) is 10.0. The van der Waals surface area contributed by atoms with Gasteiger partial charge in [-0.15, -0.1) is 10.2 Å². The number of rotatable bonds is 4. The average molecular weight is 264 g/mol. The molecular weight excluding hydrogens is 246 g/mol. The highest BCUT2D eigenvalue weighted by atomic mass is 35.5. The van der Waals surface area contributed by atoms with Gasteiger partial charge in [0.2, 0.25) is 5.28 Å². The van der Waals surface area contributed by atoms with Gasteiger partial charge in [0.1, 0.15) is 0 Å². The van der Waals surface area contributed by atoms with Gasteiger partial charge in [-0.1, -0.05) is 43.7 Å². The highest BCUT2D eigenvalue weighted by Crippen LogP contribution is 2.31. The highest BCUT2D eigenvalue weighted by Gasteiger charge is 2.26. The number of hydrogen-bond acceptors (Lipinski definition) is 2. The van der Waals surface area contributed by atoms with E-state index in [4.69, 9.17) is 11.6 Å². The van der Waals surface area contributed by atoms with Crippen molar-refractivity contribution >= 4 is 11.6 Å². The van der Waals surface area contributed by atoms with Gasteiger partial charge in [0, 0.05) is 11.1 Å². The molecule has 0 aliphatic rings. The van der Waals surface area contributed by atoms with Crippen molar-refractivity contribution in [2.45, 2.75) is 39.2 Å². The summed E-state index contributed by atoms with van der Waals surface area (Å²) in [5, 5.41) is 8.69. The second kappa shape index (κ2) is 5.11.